The van der Waals surface area contributed by atoms with Crippen LogP contribution in [0.1, 0.15) is 46.2 Å². The number of aryl methyl sites for hydroxylation is 2. The van der Waals surface area contributed by atoms with Gasteiger partial charge in [-0.3, -0.25) is 4.79 Å². The van der Waals surface area contributed by atoms with Gasteiger partial charge in [-0.25, -0.2) is 4.98 Å². The van der Waals surface area contributed by atoms with Gasteiger partial charge in [0.15, 0.2) is 0 Å². The van der Waals surface area contributed by atoms with Gasteiger partial charge in [0.05, 0.1) is 23.4 Å². The normalized spacial score (nSPS) is 16.8. The van der Waals surface area contributed by atoms with Gasteiger partial charge in [0.1, 0.15) is 7.85 Å². The van der Waals surface area contributed by atoms with E-state index in [2.05, 4.69) is 19.6 Å². The summed E-state index contributed by atoms with van der Waals surface area (Å²) in [5.74, 6) is 0. The Balaban J connectivity index is 1.68. The van der Waals surface area contributed by atoms with E-state index in [0.717, 1.165) is 72.0 Å². The summed E-state index contributed by atoms with van der Waals surface area (Å²) in [6, 6.07) is 4.21. The molecule has 2 aromatic heterocycles. The average molecular weight is 364 g/mol. The van der Waals surface area contributed by atoms with Crippen molar-refractivity contribution in [1.29, 1.82) is 0 Å². The van der Waals surface area contributed by atoms with E-state index in [9.17, 15) is 4.79 Å². The number of benzene rings is 1. The molecule has 0 bridgehead atoms. The first kappa shape index (κ1) is 16.3. The Morgan fingerprint density at radius 3 is 2.75 bits per heavy atom. The predicted octanol–water partition coefficient (Wildman–Crippen LogP) is 3.06. The zero-order valence-corrected chi connectivity index (χ0v) is 16.2. The fourth-order valence-electron chi connectivity index (χ4n) is 5.50. The van der Waals surface area contributed by atoms with Gasteiger partial charge in [-0.1, -0.05) is 23.2 Å². The maximum Gasteiger partial charge on any atom is 0.254 e. The van der Waals surface area contributed by atoms with Gasteiger partial charge in [0.25, 0.3) is 5.56 Å². The van der Waals surface area contributed by atoms with Crippen molar-refractivity contribution in [2.75, 3.05) is 0 Å². The molecule has 0 amide bonds. The lowest BCUT2D eigenvalue weighted by molar-refractivity contribution is 0.735. The zero-order valence-electron chi connectivity index (χ0n) is 16.2. The van der Waals surface area contributed by atoms with Gasteiger partial charge >= 0.3 is 0 Å². The zero-order chi connectivity index (χ0) is 19.2. The summed E-state index contributed by atoms with van der Waals surface area (Å²) < 4.78 is 1.95. The molecule has 2 radical (unpaired) electrons. The van der Waals surface area contributed by atoms with Gasteiger partial charge in [-0.2, -0.15) is 0 Å². The van der Waals surface area contributed by atoms with Crippen molar-refractivity contribution < 1.29 is 0 Å². The highest BCUT2D eigenvalue weighted by molar-refractivity contribution is 6.34. The van der Waals surface area contributed by atoms with Gasteiger partial charge in [0, 0.05) is 16.5 Å². The second kappa shape index (κ2) is 5.47. The number of hydrogen-bond donors (Lipinski definition) is 0. The molecule has 1 aromatic carbocycles. The van der Waals surface area contributed by atoms with Crippen molar-refractivity contribution in [1.82, 2.24) is 9.55 Å². The Bertz CT molecular complexity index is 1300. The average Bonchev–Trinajstić information content (AvgIpc) is 3.05. The molecule has 0 saturated carbocycles. The van der Waals surface area contributed by atoms with E-state index in [4.69, 9.17) is 12.8 Å². The second-order valence-corrected chi connectivity index (χ2v) is 8.59. The summed E-state index contributed by atoms with van der Waals surface area (Å²) in [6.07, 6.45) is 5.78. The molecule has 0 fully saturated rings. The molecule has 2 aliphatic carbocycles. The maximum absolute atomic E-state index is 13.2. The van der Waals surface area contributed by atoms with Crippen molar-refractivity contribution >= 4 is 24.2 Å². The SMILES string of the molecule is [B]c1cc2nc3c(c4c2c(c1C)CCC4)Cn1c-3cc2c(c1=O)CCC(=C)C2. The van der Waals surface area contributed by atoms with Crippen LogP contribution in [0.15, 0.2) is 29.1 Å². The highest BCUT2D eigenvalue weighted by Crippen LogP contribution is 2.40. The summed E-state index contributed by atoms with van der Waals surface area (Å²) in [5, 5.41) is 1.29. The van der Waals surface area contributed by atoms with Gasteiger partial charge < -0.3 is 4.57 Å². The van der Waals surface area contributed by atoms with E-state index in [1.807, 2.05) is 10.6 Å². The van der Waals surface area contributed by atoms with Crippen molar-refractivity contribution in [2.45, 2.75) is 52.0 Å². The molecule has 3 nitrogen and oxygen atoms in total. The number of hydrogen-bond acceptors (Lipinski definition) is 2. The summed E-state index contributed by atoms with van der Waals surface area (Å²) in [5.41, 5.74) is 12.4. The van der Waals surface area contributed by atoms with Crippen molar-refractivity contribution in [3.05, 3.63) is 68.0 Å². The molecule has 0 unspecified atom stereocenters. The molecule has 3 heterocycles. The number of fused-ring (bicyclic) bond motifs is 5. The van der Waals surface area contributed by atoms with E-state index in [-0.39, 0.29) is 5.56 Å². The molecule has 3 aromatic rings. The van der Waals surface area contributed by atoms with Crippen LogP contribution in [0.5, 0.6) is 0 Å². The minimum atomic E-state index is 0.168. The molecule has 0 N–H and O–H groups in total. The third kappa shape index (κ3) is 2.01. The molecule has 1 aliphatic heterocycles. The topological polar surface area (TPSA) is 34.9 Å². The number of aromatic nitrogens is 2. The highest BCUT2D eigenvalue weighted by Gasteiger charge is 2.30. The number of allylic oxidation sites excluding steroid dienone is 1. The number of nitrogens with zero attached hydrogens (tertiary/aromatic N) is 2. The van der Waals surface area contributed by atoms with Crippen LogP contribution in [0, 0.1) is 6.92 Å². The number of pyridine rings is 2. The fraction of sp³-hybridized carbons (Fsp3) is 0.333. The van der Waals surface area contributed by atoms with Crippen LogP contribution in [-0.2, 0) is 32.2 Å². The predicted molar refractivity (Wildman–Crippen MR) is 114 cm³/mol. The van der Waals surface area contributed by atoms with Crippen LogP contribution < -0.4 is 11.0 Å². The first-order chi connectivity index (χ1) is 13.5. The first-order valence-electron chi connectivity index (χ1n) is 10.2. The summed E-state index contributed by atoms with van der Waals surface area (Å²) in [7, 11) is 6.30. The fourth-order valence-corrected chi connectivity index (χ4v) is 5.50. The second-order valence-electron chi connectivity index (χ2n) is 8.59. The third-order valence-corrected chi connectivity index (χ3v) is 6.99. The van der Waals surface area contributed by atoms with E-state index >= 15 is 0 Å². The lowest BCUT2D eigenvalue weighted by atomic mass is 9.79. The van der Waals surface area contributed by atoms with Crippen LogP contribution >= 0.6 is 0 Å². The smallest absolute Gasteiger partial charge is 0.254 e. The molecular formula is C24H21BN2O. The van der Waals surface area contributed by atoms with Crippen LogP contribution in [0.3, 0.4) is 0 Å². The van der Waals surface area contributed by atoms with Crippen LogP contribution in [0.2, 0.25) is 0 Å². The number of rotatable bonds is 0. The van der Waals surface area contributed by atoms with Crippen molar-refractivity contribution in [3.63, 3.8) is 0 Å². The highest BCUT2D eigenvalue weighted by atomic mass is 16.1. The van der Waals surface area contributed by atoms with Gasteiger partial charge in [-0.15, -0.1) is 0 Å². The Morgan fingerprint density at radius 1 is 1.07 bits per heavy atom. The first-order valence-corrected chi connectivity index (χ1v) is 10.2. The minimum absolute atomic E-state index is 0.168. The largest absolute Gasteiger partial charge is 0.302 e. The summed E-state index contributed by atoms with van der Waals surface area (Å²) in [6.45, 7) is 6.92. The lowest BCUT2D eigenvalue weighted by Crippen LogP contribution is -2.27. The molecular weight excluding hydrogens is 343 g/mol. The van der Waals surface area contributed by atoms with E-state index < -0.39 is 0 Å². The van der Waals surface area contributed by atoms with Gasteiger partial charge in [0.2, 0.25) is 0 Å². The summed E-state index contributed by atoms with van der Waals surface area (Å²) >= 11 is 0. The molecule has 0 atom stereocenters. The molecule has 6 rings (SSSR count). The Hall–Kier alpha value is -2.62. The molecule has 3 aliphatic rings. The molecule has 0 saturated heterocycles. The van der Waals surface area contributed by atoms with Crippen LogP contribution in [0.25, 0.3) is 22.3 Å². The Labute approximate surface area is 165 Å². The molecule has 4 heteroatoms. The molecule has 136 valence electrons. The Morgan fingerprint density at radius 2 is 1.89 bits per heavy atom. The van der Waals surface area contributed by atoms with Crippen molar-refractivity contribution in [3.8, 4) is 11.4 Å². The standard InChI is InChI=1S/C24H21BN2O/c1-12-6-7-16-14(8-12)9-21-23-18(11-27(21)24(16)28)17-5-3-4-15-13(2)19(25)10-20(26-23)22(15)17/h9-10H,1,3-8,11H2,2H3. The maximum atomic E-state index is 13.2. The molecule has 0 spiro atoms. The van der Waals surface area contributed by atoms with Crippen molar-refractivity contribution in [2.24, 2.45) is 0 Å². The minimum Gasteiger partial charge on any atom is -0.302 e. The van der Waals surface area contributed by atoms with Crippen LogP contribution in [0.4, 0.5) is 0 Å². The monoisotopic (exact) mass is 364 g/mol. The van der Waals surface area contributed by atoms with Crippen LogP contribution in [-0.4, -0.2) is 17.4 Å². The molecule has 28 heavy (non-hydrogen) atoms. The van der Waals surface area contributed by atoms with E-state index in [1.165, 1.54) is 33.2 Å². The van der Waals surface area contributed by atoms with E-state index in [1.54, 1.807) is 0 Å². The summed E-state index contributed by atoms with van der Waals surface area (Å²) in [4.78, 5) is 18.3. The lowest BCUT2D eigenvalue weighted by Gasteiger charge is -2.23. The quantitative estimate of drug-likeness (QED) is 0.355. The van der Waals surface area contributed by atoms with Gasteiger partial charge in [-0.05, 0) is 74.3 Å². The Kier molecular flexibility index (Phi) is 3.19. The third-order valence-electron chi connectivity index (χ3n) is 6.99. The van der Waals surface area contributed by atoms with E-state index in [0.29, 0.717) is 6.54 Å².